The minimum absolute atomic E-state index is 0.0512. The molecular weight excluding hydrogens is 390 g/mol. The van der Waals surface area contributed by atoms with Gasteiger partial charge in [-0.3, -0.25) is 9.69 Å². The van der Waals surface area contributed by atoms with Crippen LogP contribution in [0, 0.1) is 11.8 Å². The van der Waals surface area contributed by atoms with E-state index in [1.54, 1.807) is 4.57 Å². The van der Waals surface area contributed by atoms with Crippen LogP contribution < -0.4 is 5.56 Å². The number of aromatic nitrogens is 2. The number of aromatic carboxylic acids is 1. The van der Waals surface area contributed by atoms with Crippen LogP contribution in [-0.4, -0.2) is 43.7 Å². The number of hydrogen-bond acceptors (Lipinski definition) is 4. The monoisotopic (exact) mass is 421 g/mol. The standard InChI is InChI=1S/C25H31N3O3/c29-24-23(25(30)31)26-21-6-1-2-7-22(21)28(24)20-13-17-8-9-18(14-20)27(17)19-11-15-4-3-5-16(10-15)12-19/h1-2,6-7,15-20H,3-5,8-14H2,(H,30,31)/t15?,16?,17-,18+,19?,20+. The molecule has 5 atom stereocenters. The first kappa shape index (κ1) is 19.5. The van der Waals surface area contributed by atoms with Crippen LogP contribution >= 0.6 is 0 Å². The molecule has 0 spiro atoms. The largest absolute Gasteiger partial charge is 0.476 e. The van der Waals surface area contributed by atoms with E-state index in [1.165, 1.54) is 51.4 Å². The van der Waals surface area contributed by atoms with Gasteiger partial charge in [0.25, 0.3) is 5.56 Å². The lowest BCUT2D eigenvalue weighted by atomic mass is 9.69. The number of nitrogens with zero attached hydrogens (tertiary/aromatic N) is 3. The van der Waals surface area contributed by atoms with Crippen LogP contribution in [0.4, 0.5) is 0 Å². The van der Waals surface area contributed by atoms with Crippen LogP contribution in [-0.2, 0) is 0 Å². The summed E-state index contributed by atoms with van der Waals surface area (Å²) in [6.45, 7) is 0. The van der Waals surface area contributed by atoms with E-state index in [2.05, 4.69) is 9.88 Å². The Bertz CT molecular complexity index is 1050. The molecule has 0 amide bonds. The van der Waals surface area contributed by atoms with Crippen LogP contribution in [0.3, 0.4) is 0 Å². The fraction of sp³-hybridized carbons (Fsp3) is 0.640. The van der Waals surface area contributed by atoms with E-state index in [0.717, 1.165) is 30.2 Å². The van der Waals surface area contributed by atoms with Gasteiger partial charge in [-0.25, -0.2) is 9.78 Å². The molecule has 4 fully saturated rings. The third kappa shape index (κ3) is 3.22. The topological polar surface area (TPSA) is 75.4 Å². The van der Waals surface area contributed by atoms with Crippen LogP contribution in [0.15, 0.2) is 29.1 Å². The highest BCUT2D eigenvalue weighted by Crippen LogP contribution is 2.48. The van der Waals surface area contributed by atoms with Gasteiger partial charge in [0, 0.05) is 24.2 Å². The van der Waals surface area contributed by atoms with Crippen molar-refractivity contribution < 1.29 is 9.90 Å². The predicted molar refractivity (Wildman–Crippen MR) is 118 cm³/mol. The number of para-hydroxylation sites is 2. The number of carbonyl (C=O) groups is 1. The highest BCUT2D eigenvalue weighted by Gasteiger charge is 2.47. The molecule has 2 aliphatic carbocycles. The molecule has 3 heterocycles. The Kier molecular flexibility index (Phi) is 4.67. The van der Waals surface area contributed by atoms with Gasteiger partial charge >= 0.3 is 5.97 Å². The van der Waals surface area contributed by atoms with E-state index in [0.29, 0.717) is 23.6 Å². The summed E-state index contributed by atoms with van der Waals surface area (Å²) < 4.78 is 1.77. The van der Waals surface area contributed by atoms with Crippen molar-refractivity contribution in [2.45, 2.75) is 88.4 Å². The van der Waals surface area contributed by atoms with Gasteiger partial charge in [0.2, 0.25) is 5.69 Å². The second kappa shape index (κ2) is 7.44. The Morgan fingerprint density at radius 3 is 2.23 bits per heavy atom. The van der Waals surface area contributed by atoms with Gasteiger partial charge in [-0.2, -0.15) is 0 Å². The lowest BCUT2D eigenvalue weighted by molar-refractivity contribution is 0.00786. The second-order valence-corrected chi connectivity index (χ2v) is 10.4. The Morgan fingerprint density at radius 1 is 0.871 bits per heavy atom. The quantitative estimate of drug-likeness (QED) is 0.803. The number of piperidine rings is 1. The van der Waals surface area contributed by atoms with Crippen LogP contribution in [0.5, 0.6) is 0 Å². The molecule has 0 radical (unpaired) electrons. The maximum absolute atomic E-state index is 13.2. The zero-order chi connectivity index (χ0) is 21.1. The van der Waals surface area contributed by atoms with Gasteiger partial charge in [-0.15, -0.1) is 0 Å². The van der Waals surface area contributed by atoms with Crippen molar-refractivity contribution in [3.05, 3.63) is 40.3 Å². The first-order valence-corrected chi connectivity index (χ1v) is 12.1. The average molecular weight is 422 g/mol. The fourth-order valence-corrected chi connectivity index (χ4v) is 7.59. The third-order valence-corrected chi connectivity index (χ3v) is 8.65. The van der Waals surface area contributed by atoms with E-state index >= 15 is 0 Å². The summed E-state index contributed by atoms with van der Waals surface area (Å²) in [5.74, 6) is 0.595. The van der Waals surface area contributed by atoms with Gasteiger partial charge in [0.15, 0.2) is 0 Å². The van der Waals surface area contributed by atoms with Gasteiger partial charge in [-0.05, 0) is 68.9 Å². The summed E-state index contributed by atoms with van der Waals surface area (Å²) in [6.07, 6.45) is 12.7. The minimum Gasteiger partial charge on any atom is -0.476 e. The molecule has 1 aromatic heterocycles. The smallest absolute Gasteiger partial charge is 0.360 e. The van der Waals surface area contributed by atoms with E-state index in [4.69, 9.17) is 0 Å². The molecule has 6 nitrogen and oxygen atoms in total. The van der Waals surface area contributed by atoms with Crippen LogP contribution in [0.25, 0.3) is 11.0 Å². The number of fused-ring (bicyclic) bond motifs is 5. The minimum atomic E-state index is -1.24. The molecule has 6 heteroatoms. The zero-order valence-corrected chi connectivity index (χ0v) is 17.9. The number of carboxylic acid groups (broad SMARTS) is 1. The Morgan fingerprint density at radius 2 is 1.55 bits per heavy atom. The average Bonchev–Trinajstić information content (AvgIpc) is 3.02. The molecule has 2 unspecified atom stereocenters. The number of rotatable bonds is 3. The molecule has 2 aliphatic heterocycles. The summed E-state index contributed by atoms with van der Waals surface area (Å²) in [6, 6.07) is 9.26. The van der Waals surface area contributed by atoms with E-state index in [9.17, 15) is 14.7 Å². The first-order chi connectivity index (χ1) is 15.1. The fourth-order valence-electron chi connectivity index (χ4n) is 7.59. The first-order valence-electron chi connectivity index (χ1n) is 12.1. The van der Waals surface area contributed by atoms with Crippen molar-refractivity contribution in [3.63, 3.8) is 0 Å². The molecule has 2 aromatic rings. The Hall–Kier alpha value is -2.21. The number of benzene rings is 1. The summed E-state index contributed by atoms with van der Waals surface area (Å²) in [5.41, 5.74) is 0.557. The Labute approximate surface area is 182 Å². The molecule has 1 N–H and O–H groups in total. The molecule has 4 bridgehead atoms. The van der Waals surface area contributed by atoms with Gasteiger partial charge in [0.1, 0.15) is 0 Å². The summed E-state index contributed by atoms with van der Waals surface area (Å²) in [5, 5.41) is 9.57. The summed E-state index contributed by atoms with van der Waals surface area (Å²) in [4.78, 5) is 31.9. The van der Waals surface area contributed by atoms with Crippen LogP contribution in [0.2, 0.25) is 0 Å². The van der Waals surface area contributed by atoms with Crippen LogP contribution in [0.1, 0.15) is 80.7 Å². The van der Waals surface area contributed by atoms with Crippen molar-refractivity contribution in [3.8, 4) is 0 Å². The van der Waals surface area contributed by atoms with Crippen molar-refractivity contribution in [1.29, 1.82) is 0 Å². The number of hydrogen-bond donors (Lipinski definition) is 1. The number of carboxylic acids is 1. The van der Waals surface area contributed by atoms with Gasteiger partial charge in [-0.1, -0.05) is 31.4 Å². The van der Waals surface area contributed by atoms with Gasteiger partial charge < -0.3 is 9.67 Å². The van der Waals surface area contributed by atoms with Crippen molar-refractivity contribution in [2.75, 3.05) is 0 Å². The molecular formula is C25H31N3O3. The normalized spacial score (nSPS) is 35.4. The lowest BCUT2D eigenvalue weighted by Crippen LogP contribution is -2.52. The maximum atomic E-state index is 13.2. The van der Waals surface area contributed by atoms with E-state index in [-0.39, 0.29) is 11.7 Å². The molecule has 6 rings (SSSR count). The molecule has 31 heavy (non-hydrogen) atoms. The maximum Gasteiger partial charge on any atom is 0.360 e. The summed E-state index contributed by atoms with van der Waals surface area (Å²) in [7, 11) is 0. The third-order valence-electron chi connectivity index (χ3n) is 8.65. The lowest BCUT2D eigenvalue weighted by Gasteiger charge is -2.49. The molecule has 2 saturated heterocycles. The predicted octanol–water partition coefficient (Wildman–Crippen LogP) is 4.23. The molecule has 164 valence electrons. The highest BCUT2D eigenvalue weighted by atomic mass is 16.4. The Balaban J connectivity index is 1.33. The molecule has 4 aliphatic rings. The van der Waals surface area contributed by atoms with E-state index in [1.807, 2.05) is 24.3 Å². The van der Waals surface area contributed by atoms with Crippen molar-refractivity contribution >= 4 is 17.0 Å². The highest BCUT2D eigenvalue weighted by molar-refractivity contribution is 5.88. The summed E-state index contributed by atoms with van der Waals surface area (Å²) >= 11 is 0. The molecule has 1 aromatic carbocycles. The van der Waals surface area contributed by atoms with Gasteiger partial charge in [0.05, 0.1) is 11.0 Å². The SMILES string of the molecule is O=C(O)c1nc2ccccc2n([C@H]2C[C@H]3CC[C@@H](C2)N3C2CC3CCCC(C3)C2)c1=O. The van der Waals surface area contributed by atoms with Crippen molar-refractivity contribution in [1.82, 2.24) is 14.5 Å². The van der Waals surface area contributed by atoms with E-state index < -0.39 is 11.5 Å². The van der Waals surface area contributed by atoms with Crippen molar-refractivity contribution in [2.24, 2.45) is 11.8 Å². The molecule has 2 saturated carbocycles. The zero-order valence-electron chi connectivity index (χ0n) is 17.9. The second-order valence-electron chi connectivity index (χ2n) is 10.4.